The van der Waals surface area contributed by atoms with Crippen molar-refractivity contribution >= 4 is 18.4 Å². The van der Waals surface area contributed by atoms with Gasteiger partial charge < -0.3 is 5.11 Å². The van der Waals surface area contributed by atoms with E-state index in [2.05, 4.69) is 12.6 Å². The summed E-state index contributed by atoms with van der Waals surface area (Å²) in [6.07, 6.45) is 0.369. The maximum Gasteiger partial charge on any atom is 0.164 e. The minimum Gasteiger partial charge on any atom is -0.507 e. The van der Waals surface area contributed by atoms with Crippen LogP contribution in [0.15, 0.2) is 12.1 Å². The molecule has 22 heavy (non-hydrogen) atoms. The van der Waals surface area contributed by atoms with Crippen LogP contribution in [0.25, 0.3) is 0 Å². The highest BCUT2D eigenvalue weighted by Crippen LogP contribution is 2.40. The van der Waals surface area contributed by atoms with Crippen LogP contribution in [-0.4, -0.2) is 15.6 Å². The van der Waals surface area contributed by atoms with E-state index in [1.54, 1.807) is 0 Å². The van der Waals surface area contributed by atoms with Crippen molar-refractivity contribution in [3.63, 3.8) is 0 Å². The summed E-state index contributed by atoms with van der Waals surface area (Å²) in [5.74, 6) is 0.373. The molecule has 0 atom stereocenters. The van der Waals surface area contributed by atoms with Gasteiger partial charge in [0.1, 0.15) is 5.75 Å². The maximum atomic E-state index is 12.6. The van der Waals surface area contributed by atoms with E-state index in [0.717, 1.165) is 11.1 Å². The minimum atomic E-state index is -0.348. The second-order valence-corrected chi connectivity index (χ2v) is 10.0. The van der Waals surface area contributed by atoms with Crippen LogP contribution in [0.2, 0.25) is 0 Å². The summed E-state index contributed by atoms with van der Waals surface area (Å²) in [5.41, 5.74) is 1.85. The number of carbonyl (C=O) groups excluding carboxylic acids is 1. The smallest absolute Gasteiger partial charge is 0.164 e. The molecule has 0 amide bonds. The van der Waals surface area contributed by atoms with E-state index in [4.69, 9.17) is 0 Å². The van der Waals surface area contributed by atoms with Crippen molar-refractivity contribution in [2.24, 2.45) is 0 Å². The van der Waals surface area contributed by atoms with Gasteiger partial charge in [0, 0.05) is 27.9 Å². The van der Waals surface area contributed by atoms with Gasteiger partial charge >= 0.3 is 0 Å². The number of Topliss-reactive ketones (excluding diaryl/α,β-unsaturated/α-hetero) is 1. The van der Waals surface area contributed by atoms with Gasteiger partial charge in [-0.25, -0.2) is 0 Å². The van der Waals surface area contributed by atoms with Gasteiger partial charge in [0.2, 0.25) is 0 Å². The zero-order chi connectivity index (χ0) is 17.5. The summed E-state index contributed by atoms with van der Waals surface area (Å²) in [6, 6.07) is 3.68. The van der Waals surface area contributed by atoms with Crippen molar-refractivity contribution in [3.8, 4) is 5.75 Å². The lowest BCUT2D eigenvalue weighted by atomic mass is 9.77. The lowest BCUT2D eigenvalue weighted by Crippen LogP contribution is -2.21. The second-order valence-electron chi connectivity index (χ2n) is 8.83. The maximum absolute atomic E-state index is 12.6. The highest BCUT2D eigenvalue weighted by atomic mass is 32.1. The Kier molecular flexibility index (Phi) is 5.13. The van der Waals surface area contributed by atoms with Crippen molar-refractivity contribution in [2.75, 3.05) is 0 Å². The number of benzene rings is 1. The van der Waals surface area contributed by atoms with Crippen LogP contribution in [-0.2, 0) is 10.8 Å². The minimum absolute atomic E-state index is 0.0657. The Morgan fingerprint density at radius 1 is 0.955 bits per heavy atom. The van der Waals surface area contributed by atoms with E-state index in [-0.39, 0.29) is 21.4 Å². The van der Waals surface area contributed by atoms with Gasteiger partial charge in [-0.2, -0.15) is 12.6 Å². The highest BCUT2D eigenvalue weighted by molar-refractivity contribution is 7.81. The molecule has 1 aromatic rings. The normalized spacial score (nSPS) is 13.3. The van der Waals surface area contributed by atoms with E-state index in [9.17, 15) is 9.90 Å². The van der Waals surface area contributed by atoms with Crippen LogP contribution in [0, 0.1) is 0 Å². The first-order valence-corrected chi connectivity index (χ1v) is 8.21. The fourth-order valence-electron chi connectivity index (χ4n) is 2.43. The van der Waals surface area contributed by atoms with E-state index < -0.39 is 0 Å². The molecule has 1 aromatic carbocycles. The van der Waals surface area contributed by atoms with Crippen LogP contribution in [0.1, 0.15) is 83.3 Å². The van der Waals surface area contributed by atoms with Crippen LogP contribution in [0.5, 0.6) is 5.75 Å². The summed E-state index contributed by atoms with van der Waals surface area (Å²) in [5, 5.41) is 10.7. The molecule has 0 aliphatic heterocycles. The molecule has 0 bridgehead atoms. The van der Waals surface area contributed by atoms with Crippen molar-refractivity contribution < 1.29 is 9.90 Å². The summed E-state index contributed by atoms with van der Waals surface area (Å²) in [4.78, 5) is 12.6. The number of thiol groups is 1. The van der Waals surface area contributed by atoms with Crippen molar-refractivity contribution in [3.05, 3.63) is 28.8 Å². The van der Waals surface area contributed by atoms with Crippen molar-refractivity contribution in [2.45, 2.75) is 77.4 Å². The Bertz CT molecular complexity index is 532. The first-order valence-electron chi connectivity index (χ1n) is 7.76. The number of rotatable bonds is 3. The van der Waals surface area contributed by atoms with Crippen LogP contribution < -0.4 is 0 Å². The third-order valence-electron chi connectivity index (χ3n) is 3.64. The molecule has 2 nitrogen and oxygen atoms in total. The van der Waals surface area contributed by atoms with Gasteiger partial charge in [-0.3, -0.25) is 4.79 Å². The largest absolute Gasteiger partial charge is 0.507 e. The number of aromatic hydroxyl groups is 1. The monoisotopic (exact) mass is 322 g/mol. The average molecular weight is 323 g/mol. The van der Waals surface area contributed by atoms with E-state index >= 15 is 0 Å². The molecule has 0 aliphatic rings. The number of carbonyl (C=O) groups is 1. The molecule has 0 fully saturated rings. The number of ketones is 1. The molecule has 124 valence electrons. The fourth-order valence-corrected chi connectivity index (χ4v) is 2.58. The van der Waals surface area contributed by atoms with Gasteiger partial charge in [-0.15, -0.1) is 0 Å². The first-order chi connectivity index (χ1) is 9.63. The Morgan fingerprint density at radius 3 is 1.59 bits per heavy atom. The number of phenols is 1. The van der Waals surface area contributed by atoms with Gasteiger partial charge in [0.05, 0.1) is 0 Å². The molecule has 0 saturated heterocycles. The Hall–Kier alpha value is -0.960. The topological polar surface area (TPSA) is 37.3 Å². The summed E-state index contributed by atoms with van der Waals surface area (Å²) >= 11 is 4.46. The highest BCUT2D eigenvalue weighted by Gasteiger charge is 2.28. The van der Waals surface area contributed by atoms with Crippen LogP contribution >= 0.6 is 12.6 Å². The van der Waals surface area contributed by atoms with E-state index in [0.29, 0.717) is 17.7 Å². The SMILES string of the molecule is CC(C)(S)CC(=O)c1cc(C(C)(C)C)c(O)c(C(C)(C)C)c1. The Morgan fingerprint density at radius 2 is 1.32 bits per heavy atom. The third kappa shape index (κ3) is 4.77. The molecular weight excluding hydrogens is 292 g/mol. The lowest BCUT2D eigenvalue weighted by molar-refractivity contribution is 0.0974. The molecule has 0 unspecified atom stereocenters. The Balaban J connectivity index is 3.52. The Labute approximate surface area is 140 Å². The molecule has 0 aliphatic carbocycles. The summed E-state index contributed by atoms with van der Waals surface area (Å²) in [7, 11) is 0. The predicted octanol–water partition coefficient (Wildman–Crippen LogP) is 5.27. The molecule has 0 aromatic heterocycles. The molecule has 3 heteroatoms. The van der Waals surface area contributed by atoms with Crippen molar-refractivity contribution in [1.82, 2.24) is 0 Å². The summed E-state index contributed by atoms with van der Waals surface area (Å²) in [6.45, 7) is 16.2. The fraction of sp³-hybridized carbons (Fsp3) is 0.632. The quantitative estimate of drug-likeness (QED) is 0.587. The molecule has 0 heterocycles. The molecule has 1 N–H and O–H groups in total. The van der Waals surface area contributed by atoms with Gasteiger partial charge in [-0.05, 0) is 23.0 Å². The second kappa shape index (κ2) is 5.92. The summed E-state index contributed by atoms with van der Waals surface area (Å²) < 4.78 is -0.348. The first kappa shape index (κ1) is 19.1. The number of hydrogen-bond acceptors (Lipinski definition) is 3. The number of hydrogen-bond donors (Lipinski definition) is 2. The number of phenolic OH excluding ortho intramolecular Hbond substituents is 1. The van der Waals surface area contributed by atoms with Crippen LogP contribution in [0.3, 0.4) is 0 Å². The standard InChI is InChI=1S/C19H30O2S/c1-17(2,3)13-9-12(15(20)11-19(7,8)22)10-14(16(13)21)18(4,5)6/h9-10,21-22H,11H2,1-8H3. The predicted molar refractivity (Wildman–Crippen MR) is 97.5 cm³/mol. The molecular formula is C19H30O2S. The van der Waals surface area contributed by atoms with Crippen LogP contribution in [0.4, 0.5) is 0 Å². The van der Waals surface area contributed by atoms with Crippen molar-refractivity contribution in [1.29, 1.82) is 0 Å². The molecule has 1 rings (SSSR count). The van der Waals surface area contributed by atoms with Gasteiger partial charge in [-0.1, -0.05) is 55.4 Å². The zero-order valence-electron chi connectivity index (χ0n) is 15.2. The van der Waals surface area contributed by atoms with E-state index in [1.165, 1.54) is 0 Å². The zero-order valence-corrected chi connectivity index (χ0v) is 16.1. The van der Waals surface area contributed by atoms with Gasteiger partial charge in [0.15, 0.2) is 5.78 Å². The molecule has 0 saturated carbocycles. The molecule has 0 radical (unpaired) electrons. The molecule has 0 spiro atoms. The third-order valence-corrected chi connectivity index (χ3v) is 3.80. The van der Waals surface area contributed by atoms with E-state index in [1.807, 2.05) is 67.5 Å². The average Bonchev–Trinajstić information content (AvgIpc) is 2.23. The lowest BCUT2D eigenvalue weighted by Gasteiger charge is -2.28. The van der Waals surface area contributed by atoms with Gasteiger partial charge in [0.25, 0.3) is 0 Å².